The normalized spacial score (nSPS) is 14.8. The summed E-state index contributed by atoms with van der Waals surface area (Å²) in [6.07, 6.45) is 5.99. The average Bonchev–Trinajstić information content (AvgIpc) is 3.18. The molecule has 2 N–H and O–H groups in total. The lowest BCUT2D eigenvalue weighted by molar-refractivity contribution is -0.130. The van der Waals surface area contributed by atoms with Crippen molar-refractivity contribution in [2.75, 3.05) is 32.7 Å². The number of thiazole rings is 1. The highest BCUT2D eigenvalue weighted by molar-refractivity contribution is 14.0. The molecule has 0 saturated carbocycles. The number of aromatic nitrogens is 1. The van der Waals surface area contributed by atoms with Crippen LogP contribution in [-0.4, -0.2) is 54.5 Å². The maximum atomic E-state index is 12.6. The Hall–Kier alpha value is -1.68. The molecule has 0 radical (unpaired) electrons. The van der Waals surface area contributed by atoms with E-state index in [4.69, 9.17) is 0 Å². The number of benzene rings is 1. The van der Waals surface area contributed by atoms with E-state index in [1.807, 2.05) is 18.0 Å². The van der Waals surface area contributed by atoms with Gasteiger partial charge >= 0.3 is 0 Å². The summed E-state index contributed by atoms with van der Waals surface area (Å²) in [6, 6.07) is 10.6. The summed E-state index contributed by atoms with van der Waals surface area (Å²) >= 11 is 1.72. The third-order valence-electron chi connectivity index (χ3n) is 5.35. The monoisotopic (exact) mass is 555 g/mol. The quantitative estimate of drug-likeness (QED) is 0.297. The molecule has 6 nitrogen and oxygen atoms in total. The van der Waals surface area contributed by atoms with Crippen LogP contribution in [0.2, 0.25) is 0 Å². The largest absolute Gasteiger partial charge is 0.357 e. The predicted molar refractivity (Wildman–Crippen MR) is 139 cm³/mol. The number of carbonyl (C=O) groups excluding carboxylic acids is 1. The molecule has 1 aromatic heterocycles. The van der Waals surface area contributed by atoms with Crippen molar-refractivity contribution in [3.63, 3.8) is 0 Å². The van der Waals surface area contributed by atoms with Gasteiger partial charge in [0.05, 0.1) is 5.01 Å². The van der Waals surface area contributed by atoms with Gasteiger partial charge < -0.3 is 15.5 Å². The third-order valence-corrected chi connectivity index (χ3v) is 6.32. The molecule has 1 aliphatic heterocycles. The Morgan fingerprint density at radius 2 is 1.97 bits per heavy atom. The zero-order chi connectivity index (χ0) is 21.2. The molecule has 1 saturated heterocycles. The van der Waals surface area contributed by atoms with Crippen LogP contribution >= 0.6 is 35.3 Å². The highest BCUT2D eigenvalue weighted by Gasteiger charge is 2.22. The molecule has 0 atom stereocenters. The fourth-order valence-electron chi connectivity index (χ4n) is 3.73. The minimum Gasteiger partial charge on any atom is -0.357 e. The molecule has 170 valence electrons. The van der Waals surface area contributed by atoms with E-state index in [0.29, 0.717) is 11.9 Å². The molecule has 1 amide bonds. The van der Waals surface area contributed by atoms with Gasteiger partial charge in [0, 0.05) is 43.7 Å². The first-order chi connectivity index (χ1) is 14.6. The number of rotatable bonds is 8. The summed E-state index contributed by atoms with van der Waals surface area (Å²) in [7, 11) is 0. The number of nitrogens with zero attached hydrogens (tertiary/aromatic N) is 3. The molecular weight excluding hydrogens is 521 g/mol. The Morgan fingerprint density at radius 1 is 1.23 bits per heavy atom. The van der Waals surface area contributed by atoms with Gasteiger partial charge in [-0.15, -0.1) is 35.3 Å². The smallest absolute Gasteiger partial charge is 0.244 e. The number of amides is 1. The molecule has 8 heteroatoms. The van der Waals surface area contributed by atoms with Gasteiger partial charge in [-0.25, -0.2) is 9.98 Å². The molecule has 0 unspecified atom stereocenters. The van der Waals surface area contributed by atoms with Crippen LogP contribution < -0.4 is 10.6 Å². The molecular formula is C23H34IN5OS. The molecule has 2 aromatic rings. The van der Waals surface area contributed by atoms with Crippen LogP contribution in [-0.2, 0) is 17.6 Å². The number of halogens is 1. The van der Waals surface area contributed by atoms with Gasteiger partial charge in [0.25, 0.3) is 0 Å². The number of hydrogen-bond acceptors (Lipinski definition) is 4. The van der Waals surface area contributed by atoms with E-state index in [2.05, 4.69) is 57.9 Å². The van der Waals surface area contributed by atoms with Crippen LogP contribution in [0.3, 0.4) is 0 Å². The lowest BCUT2D eigenvalue weighted by Crippen LogP contribution is -2.42. The number of nitrogens with one attached hydrogen (secondary N) is 2. The first-order valence-electron chi connectivity index (χ1n) is 10.9. The van der Waals surface area contributed by atoms with Crippen molar-refractivity contribution >= 4 is 47.2 Å². The summed E-state index contributed by atoms with van der Waals surface area (Å²) in [5, 5.41) is 7.64. The van der Waals surface area contributed by atoms with Crippen LogP contribution in [0.25, 0.3) is 0 Å². The molecule has 0 aliphatic carbocycles. The SMILES string of the molecule is CCNC(=NCC(=O)N1CCC(Cc2ccccc2)CC1)NCCc1ncc(C)s1.I. The maximum Gasteiger partial charge on any atom is 0.244 e. The lowest BCUT2D eigenvalue weighted by atomic mass is 9.90. The van der Waals surface area contributed by atoms with Gasteiger partial charge in [-0.2, -0.15) is 0 Å². The van der Waals surface area contributed by atoms with Crippen LogP contribution in [0, 0.1) is 12.8 Å². The number of aliphatic imine (C=N–C) groups is 1. The van der Waals surface area contributed by atoms with E-state index < -0.39 is 0 Å². The van der Waals surface area contributed by atoms with Crippen molar-refractivity contribution in [2.24, 2.45) is 10.9 Å². The van der Waals surface area contributed by atoms with Crippen LogP contribution in [0.15, 0.2) is 41.5 Å². The van der Waals surface area contributed by atoms with Crippen molar-refractivity contribution in [3.8, 4) is 0 Å². The van der Waals surface area contributed by atoms with Gasteiger partial charge in [0.1, 0.15) is 6.54 Å². The van der Waals surface area contributed by atoms with Crippen LogP contribution in [0.1, 0.15) is 35.2 Å². The Labute approximate surface area is 207 Å². The zero-order valence-corrected chi connectivity index (χ0v) is 21.6. The van der Waals surface area contributed by atoms with Gasteiger partial charge in [-0.3, -0.25) is 4.79 Å². The number of likely N-dealkylation sites (tertiary alicyclic amines) is 1. The van der Waals surface area contributed by atoms with Crippen LogP contribution in [0.4, 0.5) is 0 Å². The number of piperidine rings is 1. The van der Waals surface area contributed by atoms with E-state index in [1.54, 1.807) is 11.3 Å². The van der Waals surface area contributed by atoms with Crippen molar-refractivity contribution in [3.05, 3.63) is 52.0 Å². The van der Waals surface area contributed by atoms with Crippen LogP contribution in [0.5, 0.6) is 0 Å². The van der Waals surface area contributed by atoms with Crippen molar-refractivity contribution < 1.29 is 4.79 Å². The highest BCUT2D eigenvalue weighted by Crippen LogP contribution is 2.21. The third kappa shape index (κ3) is 8.76. The average molecular weight is 556 g/mol. The van der Waals surface area contributed by atoms with E-state index >= 15 is 0 Å². The first-order valence-corrected chi connectivity index (χ1v) is 11.7. The summed E-state index contributed by atoms with van der Waals surface area (Å²) in [6.45, 7) is 7.46. The van der Waals surface area contributed by atoms with E-state index in [0.717, 1.165) is 56.9 Å². The summed E-state index contributed by atoms with van der Waals surface area (Å²) in [4.78, 5) is 24.7. The second-order valence-corrected chi connectivity index (χ2v) is 9.07. The molecule has 1 fully saturated rings. The second kappa shape index (κ2) is 13.7. The fraction of sp³-hybridized carbons (Fsp3) is 0.522. The molecule has 31 heavy (non-hydrogen) atoms. The maximum absolute atomic E-state index is 12.6. The topological polar surface area (TPSA) is 69.6 Å². The van der Waals surface area contributed by atoms with E-state index in [-0.39, 0.29) is 36.4 Å². The minimum absolute atomic E-state index is 0. The van der Waals surface area contributed by atoms with Crippen molar-refractivity contribution in [1.82, 2.24) is 20.5 Å². The van der Waals surface area contributed by atoms with Gasteiger partial charge in [0.2, 0.25) is 5.91 Å². The molecule has 3 rings (SSSR count). The predicted octanol–water partition coefficient (Wildman–Crippen LogP) is 3.65. The lowest BCUT2D eigenvalue weighted by Gasteiger charge is -2.32. The molecule has 1 aliphatic rings. The first kappa shape index (κ1) is 25.6. The number of carbonyl (C=O) groups is 1. The number of aryl methyl sites for hydroxylation is 1. The summed E-state index contributed by atoms with van der Waals surface area (Å²) < 4.78 is 0. The summed E-state index contributed by atoms with van der Waals surface area (Å²) in [5.74, 6) is 1.47. The zero-order valence-electron chi connectivity index (χ0n) is 18.5. The fourth-order valence-corrected chi connectivity index (χ4v) is 4.51. The standard InChI is InChI=1S/C23H33N5OS.HI/c1-3-24-23(25-12-9-21-26-16-18(2)30-21)27-17-22(29)28-13-10-20(11-14-28)15-19-7-5-4-6-8-19;/h4-8,16,20H,3,9-15,17H2,1-2H3,(H2,24,25,27);1H. The van der Waals surface area contributed by atoms with Crippen molar-refractivity contribution in [2.45, 2.75) is 39.5 Å². The van der Waals surface area contributed by atoms with Gasteiger partial charge in [0.15, 0.2) is 5.96 Å². The van der Waals surface area contributed by atoms with Gasteiger partial charge in [-0.05, 0) is 44.6 Å². The summed E-state index contributed by atoms with van der Waals surface area (Å²) in [5.41, 5.74) is 1.39. The molecule has 0 spiro atoms. The molecule has 1 aromatic carbocycles. The van der Waals surface area contributed by atoms with E-state index in [9.17, 15) is 4.79 Å². The van der Waals surface area contributed by atoms with Gasteiger partial charge in [-0.1, -0.05) is 30.3 Å². The highest BCUT2D eigenvalue weighted by atomic mass is 127. The Morgan fingerprint density at radius 3 is 2.61 bits per heavy atom. The van der Waals surface area contributed by atoms with E-state index in [1.165, 1.54) is 10.4 Å². The second-order valence-electron chi connectivity index (χ2n) is 7.75. The number of guanidine groups is 1. The molecule has 2 heterocycles. The van der Waals surface area contributed by atoms with Crippen molar-refractivity contribution in [1.29, 1.82) is 0 Å². The minimum atomic E-state index is 0. The Kier molecular flexibility index (Phi) is 11.3. The molecule has 0 bridgehead atoms. The Balaban J connectivity index is 0.00000341. The number of hydrogen-bond donors (Lipinski definition) is 2. The Bertz CT molecular complexity index is 818.